The van der Waals surface area contributed by atoms with Crippen LogP contribution in [0.2, 0.25) is 0 Å². The van der Waals surface area contributed by atoms with Crippen LogP contribution in [-0.2, 0) is 10.0 Å². The Morgan fingerprint density at radius 2 is 1.87 bits per heavy atom. The number of sulfonamides is 1. The van der Waals surface area contributed by atoms with E-state index in [1.165, 1.54) is 6.07 Å². The predicted molar refractivity (Wildman–Crippen MR) is 110 cm³/mol. The van der Waals surface area contributed by atoms with Crippen molar-refractivity contribution >= 4 is 15.7 Å². The van der Waals surface area contributed by atoms with Crippen LogP contribution in [0.25, 0.3) is 16.9 Å². The molecule has 0 fully saturated rings. The molecule has 0 bridgehead atoms. The van der Waals surface area contributed by atoms with Gasteiger partial charge in [0.25, 0.3) is 15.6 Å². The van der Waals surface area contributed by atoms with Crippen molar-refractivity contribution < 1.29 is 8.42 Å². The molecule has 4 aromatic rings. The molecule has 2 aromatic carbocycles. The zero-order valence-corrected chi connectivity index (χ0v) is 16.5. The highest BCUT2D eigenvalue weighted by Crippen LogP contribution is 2.23. The van der Waals surface area contributed by atoms with Crippen LogP contribution < -0.4 is 16.0 Å². The smallest absolute Gasteiger partial charge is 0.313 e. The molecule has 30 heavy (non-hydrogen) atoms. The SMILES string of the molecule is Cc1cccc(-n2cc(-c3cccc(NS(=O)(=O)c4c[nH]c(=O)[nH]c4=O)c3)nn2)c1. The average Bonchev–Trinajstić information content (AvgIpc) is 3.18. The van der Waals surface area contributed by atoms with Gasteiger partial charge in [-0.25, -0.2) is 17.9 Å². The predicted octanol–water partition coefficient (Wildman–Crippen LogP) is 1.42. The molecule has 3 N–H and O–H groups in total. The van der Waals surface area contributed by atoms with Crippen LogP contribution in [0.4, 0.5) is 5.69 Å². The first-order chi connectivity index (χ1) is 14.3. The van der Waals surface area contributed by atoms with Crippen LogP contribution in [0.1, 0.15) is 5.56 Å². The van der Waals surface area contributed by atoms with Crippen LogP contribution in [0.15, 0.2) is 75.4 Å². The fraction of sp³-hybridized carbons (Fsp3) is 0.0526. The normalized spacial score (nSPS) is 11.4. The molecule has 0 saturated carbocycles. The monoisotopic (exact) mass is 424 g/mol. The molecule has 2 aromatic heterocycles. The number of H-pyrrole nitrogens is 2. The quantitative estimate of drug-likeness (QED) is 0.442. The number of anilines is 1. The van der Waals surface area contributed by atoms with E-state index in [0.717, 1.165) is 17.4 Å². The molecule has 10 nitrogen and oxygen atoms in total. The van der Waals surface area contributed by atoms with Crippen molar-refractivity contribution in [2.24, 2.45) is 0 Å². The first-order valence-corrected chi connectivity index (χ1v) is 10.2. The summed E-state index contributed by atoms with van der Waals surface area (Å²) in [7, 11) is -4.21. The van der Waals surface area contributed by atoms with Gasteiger partial charge in [-0.15, -0.1) is 5.10 Å². The Morgan fingerprint density at radius 3 is 2.63 bits per heavy atom. The summed E-state index contributed by atoms with van der Waals surface area (Å²) < 4.78 is 29.0. The van der Waals surface area contributed by atoms with Crippen molar-refractivity contribution in [3.05, 3.63) is 87.3 Å². The summed E-state index contributed by atoms with van der Waals surface area (Å²) in [6.45, 7) is 1.98. The first kappa shape index (κ1) is 19.3. The van der Waals surface area contributed by atoms with Gasteiger partial charge in [-0.2, -0.15) is 0 Å². The summed E-state index contributed by atoms with van der Waals surface area (Å²) >= 11 is 0. The van der Waals surface area contributed by atoms with E-state index in [1.807, 2.05) is 36.2 Å². The summed E-state index contributed by atoms with van der Waals surface area (Å²) in [6, 6.07) is 14.3. The van der Waals surface area contributed by atoms with E-state index in [-0.39, 0.29) is 5.69 Å². The van der Waals surface area contributed by atoms with E-state index in [9.17, 15) is 18.0 Å². The molecule has 0 aliphatic rings. The highest BCUT2D eigenvalue weighted by atomic mass is 32.2. The van der Waals surface area contributed by atoms with Gasteiger partial charge in [-0.05, 0) is 36.8 Å². The zero-order chi connectivity index (χ0) is 21.3. The van der Waals surface area contributed by atoms with Gasteiger partial charge in [0.15, 0.2) is 4.90 Å². The van der Waals surface area contributed by atoms with Crippen LogP contribution in [-0.4, -0.2) is 33.4 Å². The fourth-order valence-electron chi connectivity index (χ4n) is 2.84. The Morgan fingerprint density at radius 1 is 1.07 bits per heavy atom. The molecule has 0 aliphatic heterocycles. The number of nitrogens with one attached hydrogen (secondary N) is 3. The molecular weight excluding hydrogens is 408 g/mol. The van der Waals surface area contributed by atoms with Gasteiger partial charge >= 0.3 is 5.69 Å². The van der Waals surface area contributed by atoms with E-state index in [2.05, 4.69) is 20.0 Å². The lowest BCUT2D eigenvalue weighted by Crippen LogP contribution is -2.29. The molecule has 0 atom stereocenters. The zero-order valence-electron chi connectivity index (χ0n) is 15.7. The lowest BCUT2D eigenvalue weighted by Gasteiger charge is -2.08. The van der Waals surface area contributed by atoms with E-state index in [0.29, 0.717) is 11.3 Å². The number of aryl methyl sites for hydroxylation is 1. The molecule has 0 unspecified atom stereocenters. The third-order valence-corrected chi connectivity index (χ3v) is 5.63. The molecule has 0 saturated heterocycles. The van der Waals surface area contributed by atoms with E-state index >= 15 is 0 Å². The molecule has 0 amide bonds. The molecule has 0 spiro atoms. The lowest BCUT2D eigenvalue weighted by molar-refractivity contribution is 0.599. The van der Waals surface area contributed by atoms with Gasteiger partial charge < -0.3 is 4.98 Å². The van der Waals surface area contributed by atoms with Gasteiger partial charge in [0.2, 0.25) is 0 Å². The van der Waals surface area contributed by atoms with Crippen LogP contribution in [0, 0.1) is 6.92 Å². The maximum atomic E-state index is 12.5. The van der Waals surface area contributed by atoms with Crippen LogP contribution >= 0.6 is 0 Å². The number of aromatic nitrogens is 5. The maximum absolute atomic E-state index is 12.5. The standard InChI is InChI=1S/C19H16N6O4S/c1-12-4-2-7-15(8-12)25-11-16(22-24-25)13-5-3-6-14(9-13)23-30(28,29)17-10-20-19(27)21-18(17)26/h2-11,23H,1H3,(H2,20,21,26,27). The summed E-state index contributed by atoms with van der Waals surface area (Å²) in [5.41, 5.74) is 1.52. The summed E-state index contributed by atoms with van der Waals surface area (Å²) in [6.07, 6.45) is 2.58. The maximum Gasteiger partial charge on any atom is 0.325 e. The third-order valence-electron chi connectivity index (χ3n) is 4.24. The Bertz CT molecular complexity index is 1450. The fourth-order valence-corrected chi connectivity index (χ4v) is 3.90. The second-order valence-electron chi connectivity index (χ2n) is 6.51. The second-order valence-corrected chi connectivity index (χ2v) is 8.16. The molecule has 11 heteroatoms. The van der Waals surface area contributed by atoms with Crippen molar-refractivity contribution in [1.82, 2.24) is 25.0 Å². The van der Waals surface area contributed by atoms with Crippen molar-refractivity contribution in [2.45, 2.75) is 11.8 Å². The largest absolute Gasteiger partial charge is 0.325 e. The van der Waals surface area contributed by atoms with Crippen LogP contribution in [0.5, 0.6) is 0 Å². The number of benzene rings is 2. The molecule has 152 valence electrons. The average molecular weight is 424 g/mol. The van der Waals surface area contributed by atoms with E-state index in [4.69, 9.17) is 0 Å². The Hall–Kier alpha value is -3.99. The third kappa shape index (κ3) is 3.91. The van der Waals surface area contributed by atoms with Crippen molar-refractivity contribution in [1.29, 1.82) is 0 Å². The van der Waals surface area contributed by atoms with E-state index in [1.54, 1.807) is 29.1 Å². The van der Waals surface area contributed by atoms with Crippen LogP contribution in [0.3, 0.4) is 0 Å². The van der Waals surface area contributed by atoms with Crippen molar-refractivity contribution in [2.75, 3.05) is 4.72 Å². The molecule has 4 rings (SSSR count). The van der Waals surface area contributed by atoms with Gasteiger partial charge in [0, 0.05) is 17.4 Å². The molecule has 2 heterocycles. The van der Waals surface area contributed by atoms with Gasteiger partial charge in [-0.3, -0.25) is 14.5 Å². The Labute approximate surface area is 170 Å². The Balaban J connectivity index is 1.63. The second kappa shape index (κ2) is 7.44. The number of rotatable bonds is 5. The first-order valence-electron chi connectivity index (χ1n) is 8.76. The lowest BCUT2D eigenvalue weighted by atomic mass is 10.1. The summed E-state index contributed by atoms with van der Waals surface area (Å²) in [4.78, 5) is 26.3. The number of nitrogens with zero attached hydrogens (tertiary/aromatic N) is 3. The molecule has 0 aliphatic carbocycles. The van der Waals surface area contributed by atoms with Crippen molar-refractivity contribution in [3.63, 3.8) is 0 Å². The highest BCUT2D eigenvalue weighted by molar-refractivity contribution is 7.92. The minimum absolute atomic E-state index is 0.225. The van der Waals surface area contributed by atoms with Gasteiger partial charge in [0.1, 0.15) is 5.69 Å². The van der Waals surface area contributed by atoms with Gasteiger partial charge in [-0.1, -0.05) is 29.5 Å². The molecule has 0 radical (unpaired) electrons. The number of hydrogen-bond acceptors (Lipinski definition) is 6. The Kier molecular flexibility index (Phi) is 4.80. The molecular formula is C19H16N6O4S. The summed E-state index contributed by atoms with van der Waals surface area (Å²) in [5, 5.41) is 8.28. The number of hydrogen-bond donors (Lipinski definition) is 3. The van der Waals surface area contributed by atoms with Crippen molar-refractivity contribution in [3.8, 4) is 16.9 Å². The number of aromatic amines is 2. The minimum atomic E-state index is -4.21. The topological polar surface area (TPSA) is 143 Å². The van der Waals surface area contributed by atoms with E-state index < -0.39 is 26.2 Å². The summed E-state index contributed by atoms with van der Waals surface area (Å²) in [5.74, 6) is 0. The highest BCUT2D eigenvalue weighted by Gasteiger charge is 2.19. The minimum Gasteiger partial charge on any atom is -0.313 e. The van der Waals surface area contributed by atoms with Gasteiger partial charge in [0.05, 0.1) is 11.9 Å².